The SMILES string of the molecule is CN(CCC(=O)Nc1cccc(Cl)c1)CC(=O)Nc1ccccc1Br. The number of carbonyl (C=O) groups is 2. The molecule has 2 aromatic carbocycles. The Bertz CT molecular complexity index is 755. The first-order valence-electron chi connectivity index (χ1n) is 7.72. The zero-order valence-electron chi connectivity index (χ0n) is 13.8. The summed E-state index contributed by atoms with van der Waals surface area (Å²) in [6.07, 6.45) is 0.283. The molecule has 0 radical (unpaired) electrons. The minimum Gasteiger partial charge on any atom is -0.326 e. The maximum Gasteiger partial charge on any atom is 0.238 e. The fraction of sp³-hybridized carbons (Fsp3) is 0.222. The van der Waals surface area contributed by atoms with Crippen molar-refractivity contribution < 1.29 is 9.59 Å². The van der Waals surface area contributed by atoms with Crippen LogP contribution in [0.25, 0.3) is 0 Å². The number of nitrogens with zero attached hydrogens (tertiary/aromatic N) is 1. The minimum absolute atomic E-state index is 0.125. The molecule has 0 aromatic heterocycles. The predicted molar refractivity (Wildman–Crippen MR) is 105 cm³/mol. The van der Waals surface area contributed by atoms with Gasteiger partial charge in [0.25, 0.3) is 0 Å². The van der Waals surface area contributed by atoms with Gasteiger partial charge in [0, 0.05) is 28.1 Å². The Morgan fingerprint density at radius 3 is 2.56 bits per heavy atom. The lowest BCUT2D eigenvalue weighted by atomic mass is 10.3. The van der Waals surface area contributed by atoms with Gasteiger partial charge in [-0.15, -0.1) is 0 Å². The van der Waals surface area contributed by atoms with Crippen molar-refractivity contribution in [2.24, 2.45) is 0 Å². The van der Waals surface area contributed by atoms with Crippen molar-refractivity contribution in [3.63, 3.8) is 0 Å². The number of halogens is 2. The molecule has 7 heteroatoms. The molecular formula is C18H19BrClN3O2. The normalized spacial score (nSPS) is 10.6. The van der Waals surface area contributed by atoms with Crippen molar-refractivity contribution in [1.82, 2.24) is 4.90 Å². The Hall–Kier alpha value is -1.89. The third-order valence-electron chi connectivity index (χ3n) is 3.39. The number of anilines is 2. The molecule has 2 aromatic rings. The number of likely N-dealkylation sites (N-methyl/N-ethyl adjacent to an activating group) is 1. The highest BCUT2D eigenvalue weighted by Crippen LogP contribution is 2.21. The molecule has 0 aliphatic heterocycles. The van der Waals surface area contributed by atoms with Crippen molar-refractivity contribution in [3.8, 4) is 0 Å². The Balaban J connectivity index is 1.74. The molecule has 0 bridgehead atoms. The summed E-state index contributed by atoms with van der Waals surface area (Å²) >= 11 is 9.27. The average molecular weight is 425 g/mol. The van der Waals surface area contributed by atoms with Crippen molar-refractivity contribution >= 4 is 50.7 Å². The Kier molecular flexibility index (Phi) is 7.43. The van der Waals surface area contributed by atoms with E-state index in [-0.39, 0.29) is 24.8 Å². The second kappa shape index (κ2) is 9.56. The average Bonchev–Trinajstić information content (AvgIpc) is 2.55. The van der Waals surface area contributed by atoms with Crippen LogP contribution in [-0.4, -0.2) is 36.9 Å². The summed E-state index contributed by atoms with van der Waals surface area (Å²) < 4.78 is 0.826. The number of nitrogens with one attached hydrogen (secondary N) is 2. The van der Waals surface area contributed by atoms with Crippen molar-refractivity contribution in [3.05, 3.63) is 58.0 Å². The highest BCUT2D eigenvalue weighted by atomic mass is 79.9. The van der Waals surface area contributed by atoms with Crippen LogP contribution < -0.4 is 10.6 Å². The van der Waals surface area contributed by atoms with Crippen LogP contribution in [-0.2, 0) is 9.59 Å². The van der Waals surface area contributed by atoms with Gasteiger partial charge in [0.1, 0.15) is 0 Å². The second-order valence-electron chi connectivity index (χ2n) is 5.57. The third-order valence-corrected chi connectivity index (χ3v) is 4.32. The molecule has 2 amide bonds. The molecule has 2 rings (SSSR count). The summed E-state index contributed by atoms with van der Waals surface area (Å²) in [4.78, 5) is 25.8. The van der Waals surface area contributed by atoms with Crippen LogP contribution >= 0.6 is 27.5 Å². The van der Waals surface area contributed by atoms with Gasteiger partial charge in [-0.1, -0.05) is 29.8 Å². The topological polar surface area (TPSA) is 61.4 Å². The lowest BCUT2D eigenvalue weighted by Crippen LogP contribution is -2.32. The molecule has 0 heterocycles. The molecule has 2 N–H and O–H groups in total. The largest absolute Gasteiger partial charge is 0.326 e. The highest BCUT2D eigenvalue weighted by Gasteiger charge is 2.10. The van der Waals surface area contributed by atoms with E-state index in [4.69, 9.17) is 11.6 Å². The Morgan fingerprint density at radius 2 is 1.84 bits per heavy atom. The van der Waals surface area contributed by atoms with Crippen LogP contribution in [0, 0.1) is 0 Å². The molecule has 0 saturated heterocycles. The van der Waals surface area contributed by atoms with Crippen LogP contribution in [0.2, 0.25) is 5.02 Å². The number of hydrogen-bond acceptors (Lipinski definition) is 3. The number of rotatable bonds is 7. The Morgan fingerprint density at radius 1 is 1.08 bits per heavy atom. The number of hydrogen-bond donors (Lipinski definition) is 2. The molecule has 0 aliphatic rings. The Labute approximate surface area is 160 Å². The predicted octanol–water partition coefficient (Wildman–Crippen LogP) is 4.00. The van der Waals surface area contributed by atoms with E-state index in [0.29, 0.717) is 17.3 Å². The third kappa shape index (κ3) is 6.86. The fourth-order valence-electron chi connectivity index (χ4n) is 2.16. The first-order chi connectivity index (χ1) is 11.9. The van der Waals surface area contributed by atoms with Crippen LogP contribution in [0.5, 0.6) is 0 Å². The van der Waals surface area contributed by atoms with Crippen molar-refractivity contribution in [2.75, 3.05) is 30.8 Å². The van der Waals surface area contributed by atoms with Crippen LogP contribution in [0.15, 0.2) is 53.0 Å². The minimum atomic E-state index is -0.135. The van der Waals surface area contributed by atoms with Gasteiger partial charge >= 0.3 is 0 Å². The lowest BCUT2D eigenvalue weighted by Gasteiger charge is -2.16. The van der Waals surface area contributed by atoms with E-state index in [1.165, 1.54) is 0 Å². The number of benzene rings is 2. The van der Waals surface area contributed by atoms with E-state index in [2.05, 4.69) is 26.6 Å². The maximum absolute atomic E-state index is 12.1. The summed E-state index contributed by atoms with van der Waals surface area (Å²) in [6.45, 7) is 0.668. The van der Waals surface area contributed by atoms with Crippen molar-refractivity contribution in [1.29, 1.82) is 0 Å². The van der Waals surface area contributed by atoms with Gasteiger partial charge < -0.3 is 10.6 Å². The molecule has 25 heavy (non-hydrogen) atoms. The molecule has 0 atom stereocenters. The van der Waals surface area contributed by atoms with Gasteiger partial charge in [0.05, 0.1) is 12.2 Å². The first-order valence-corrected chi connectivity index (χ1v) is 8.89. The first kappa shape index (κ1) is 19.4. The summed E-state index contributed by atoms with van der Waals surface area (Å²) in [7, 11) is 1.80. The smallest absolute Gasteiger partial charge is 0.238 e. The van der Waals surface area contributed by atoms with E-state index in [1.807, 2.05) is 24.3 Å². The molecule has 0 spiro atoms. The summed E-state index contributed by atoms with van der Waals surface area (Å²) in [5.41, 5.74) is 1.38. The van der Waals surface area contributed by atoms with Crippen LogP contribution in [0.1, 0.15) is 6.42 Å². The quantitative estimate of drug-likeness (QED) is 0.706. The lowest BCUT2D eigenvalue weighted by molar-refractivity contribution is -0.119. The molecular weight excluding hydrogens is 406 g/mol. The summed E-state index contributed by atoms with van der Waals surface area (Å²) in [5.74, 6) is -0.259. The summed E-state index contributed by atoms with van der Waals surface area (Å²) in [5, 5.41) is 6.18. The van der Waals surface area contributed by atoms with Gasteiger partial charge in [-0.2, -0.15) is 0 Å². The van der Waals surface area contributed by atoms with Gasteiger partial charge in [0.15, 0.2) is 0 Å². The van der Waals surface area contributed by atoms with Crippen LogP contribution in [0.4, 0.5) is 11.4 Å². The van der Waals surface area contributed by atoms with E-state index in [1.54, 1.807) is 36.2 Å². The van der Waals surface area contributed by atoms with Crippen LogP contribution in [0.3, 0.4) is 0 Å². The monoisotopic (exact) mass is 423 g/mol. The highest BCUT2D eigenvalue weighted by molar-refractivity contribution is 9.10. The number of carbonyl (C=O) groups excluding carboxylic acids is 2. The number of para-hydroxylation sites is 1. The number of amides is 2. The van der Waals surface area contributed by atoms with Gasteiger partial charge in [-0.25, -0.2) is 0 Å². The molecule has 0 saturated carbocycles. The molecule has 0 unspecified atom stereocenters. The van der Waals surface area contributed by atoms with Crippen molar-refractivity contribution in [2.45, 2.75) is 6.42 Å². The van der Waals surface area contributed by atoms with Gasteiger partial charge in [-0.05, 0) is 53.3 Å². The zero-order chi connectivity index (χ0) is 18.2. The van der Waals surface area contributed by atoms with Gasteiger partial charge in [-0.3, -0.25) is 14.5 Å². The molecule has 5 nitrogen and oxygen atoms in total. The van der Waals surface area contributed by atoms with E-state index in [9.17, 15) is 9.59 Å². The van der Waals surface area contributed by atoms with Gasteiger partial charge in [0.2, 0.25) is 11.8 Å². The van der Waals surface area contributed by atoms with E-state index >= 15 is 0 Å². The maximum atomic E-state index is 12.1. The molecule has 0 aliphatic carbocycles. The summed E-state index contributed by atoms with van der Waals surface area (Å²) in [6, 6.07) is 14.4. The standard InChI is InChI=1S/C18H19BrClN3O2/c1-23(12-18(25)22-16-8-3-2-7-15(16)19)10-9-17(24)21-14-6-4-5-13(20)11-14/h2-8,11H,9-10,12H2,1H3,(H,21,24)(H,22,25). The zero-order valence-corrected chi connectivity index (χ0v) is 16.1. The van der Waals surface area contributed by atoms with E-state index in [0.717, 1.165) is 10.2 Å². The fourth-order valence-corrected chi connectivity index (χ4v) is 2.73. The van der Waals surface area contributed by atoms with E-state index < -0.39 is 0 Å². The molecule has 132 valence electrons. The molecule has 0 fully saturated rings. The second-order valence-corrected chi connectivity index (χ2v) is 6.87.